The number of carbonyl (C=O) groups excluding carboxylic acids is 1. The van der Waals surface area contributed by atoms with Gasteiger partial charge in [0.05, 0.1) is 0 Å². The van der Waals surface area contributed by atoms with Gasteiger partial charge < -0.3 is 19.4 Å². The largest absolute Gasteiger partial charge is 0.380 e. The molecular formula is C33H37N5O3. The van der Waals surface area contributed by atoms with Crippen LogP contribution in [0.15, 0.2) is 77.6 Å². The van der Waals surface area contributed by atoms with Crippen molar-refractivity contribution >= 4 is 5.91 Å². The molecule has 0 bridgehead atoms. The molecule has 2 aromatic heterocycles. The summed E-state index contributed by atoms with van der Waals surface area (Å²) in [6.45, 7) is 9.14. The third-order valence-corrected chi connectivity index (χ3v) is 8.77. The number of benzene rings is 2. The van der Waals surface area contributed by atoms with E-state index in [0.717, 1.165) is 24.2 Å². The first-order valence-corrected chi connectivity index (χ1v) is 14.3. The van der Waals surface area contributed by atoms with Crippen molar-refractivity contribution in [3.8, 4) is 11.4 Å². The summed E-state index contributed by atoms with van der Waals surface area (Å²) in [5.41, 5.74) is 2.78. The van der Waals surface area contributed by atoms with Gasteiger partial charge in [-0.1, -0.05) is 80.5 Å². The summed E-state index contributed by atoms with van der Waals surface area (Å²) in [5, 5.41) is 16.8. The van der Waals surface area contributed by atoms with Gasteiger partial charge >= 0.3 is 0 Å². The number of hydrogen-bond acceptors (Lipinski definition) is 7. The van der Waals surface area contributed by atoms with E-state index in [0.29, 0.717) is 48.3 Å². The molecule has 2 atom stereocenters. The Bertz CT molecular complexity index is 1530. The summed E-state index contributed by atoms with van der Waals surface area (Å²) < 4.78 is 5.63. The van der Waals surface area contributed by atoms with Crippen LogP contribution < -0.4 is 0 Å². The number of aliphatic hydroxyl groups is 1. The number of rotatable bonds is 8. The zero-order chi connectivity index (χ0) is 28.8. The minimum absolute atomic E-state index is 0.00261. The average molecular weight is 552 g/mol. The van der Waals surface area contributed by atoms with Gasteiger partial charge in [-0.3, -0.25) is 9.78 Å². The van der Waals surface area contributed by atoms with Crippen molar-refractivity contribution in [2.75, 3.05) is 26.7 Å². The number of aromatic nitrogens is 3. The van der Waals surface area contributed by atoms with Crippen LogP contribution in [-0.2, 0) is 16.9 Å². The van der Waals surface area contributed by atoms with Gasteiger partial charge in [-0.2, -0.15) is 4.98 Å². The number of amides is 1. The monoisotopic (exact) mass is 551 g/mol. The summed E-state index contributed by atoms with van der Waals surface area (Å²) >= 11 is 0. The topological polar surface area (TPSA) is 95.6 Å². The fourth-order valence-electron chi connectivity index (χ4n) is 6.53. The van der Waals surface area contributed by atoms with Crippen LogP contribution >= 0.6 is 0 Å². The minimum Gasteiger partial charge on any atom is -0.380 e. The van der Waals surface area contributed by atoms with Crippen LogP contribution in [0.4, 0.5) is 0 Å². The first-order valence-electron chi connectivity index (χ1n) is 14.3. The molecule has 0 aliphatic carbocycles. The number of hydrogen-bond donors (Lipinski definition) is 1. The van der Waals surface area contributed by atoms with Crippen LogP contribution in [0.25, 0.3) is 11.4 Å². The maximum absolute atomic E-state index is 13.2. The zero-order valence-corrected chi connectivity index (χ0v) is 24.1. The highest BCUT2D eigenvalue weighted by Gasteiger charge is 2.55. The van der Waals surface area contributed by atoms with Crippen molar-refractivity contribution in [2.45, 2.75) is 51.2 Å². The molecule has 1 N–H and O–H groups in total. The Hall–Kier alpha value is -3.88. The molecule has 2 aliphatic rings. The van der Waals surface area contributed by atoms with E-state index < -0.39 is 16.9 Å². The molecule has 2 fully saturated rings. The van der Waals surface area contributed by atoms with Crippen LogP contribution in [0.1, 0.15) is 67.2 Å². The summed E-state index contributed by atoms with van der Waals surface area (Å²) in [4.78, 5) is 26.4. The second-order valence-electron chi connectivity index (χ2n) is 12.2. The molecule has 2 saturated heterocycles. The molecule has 41 heavy (non-hydrogen) atoms. The predicted octanol–water partition coefficient (Wildman–Crippen LogP) is 4.96. The molecule has 2 aliphatic heterocycles. The highest BCUT2D eigenvalue weighted by Crippen LogP contribution is 2.50. The van der Waals surface area contributed by atoms with Crippen LogP contribution in [0, 0.1) is 5.41 Å². The predicted molar refractivity (Wildman–Crippen MR) is 156 cm³/mol. The van der Waals surface area contributed by atoms with Crippen molar-refractivity contribution in [3.05, 3.63) is 101 Å². The quantitative estimate of drug-likeness (QED) is 0.331. The fourth-order valence-corrected chi connectivity index (χ4v) is 6.53. The van der Waals surface area contributed by atoms with Crippen LogP contribution in [0.2, 0.25) is 0 Å². The Labute approximate surface area is 241 Å². The normalized spacial score (nSPS) is 20.3. The van der Waals surface area contributed by atoms with Crippen molar-refractivity contribution < 1.29 is 14.4 Å². The van der Waals surface area contributed by atoms with Crippen molar-refractivity contribution in [3.63, 3.8) is 0 Å². The molecule has 1 unspecified atom stereocenters. The van der Waals surface area contributed by atoms with Crippen LogP contribution in [0.3, 0.4) is 0 Å². The maximum atomic E-state index is 13.2. The third kappa shape index (κ3) is 4.85. The average Bonchev–Trinajstić information content (AvgIpc) is 3.59. The van der Waals surface area contributed by atoms with E-state index in [1.165, 1.54) is 5.56 Å². The zero-order valence-electron chi connectivity index (χ0n) is 24.1. The number of carbonyl (C=O) groups is 1. The summed E-state index contributed by atoms with van der Waals surface area (Å²) in [5.74, 6) is 0.612. The summed E-state index contributed by atoms with van der Waals surface area (Å²) in [7, 11) is 2.06. The Balaban J connectivity index is 1.28. The lowest BCUT2D eigenvalue weighted by Gasteiger charge is -2.55. The fraction of sp³-hybridized carbons (Fsp3) is 0.394. The van der Waals surface area contributed by atoms with E-state index in [-0.39, 0.29) is 5.91 Å². The first-order chi connectivity index (χ1) is 19.7. The van der Waals surface area contributed by atoms with Crippen LogP contribution in [-0.4, -0.2) is 62.6 Å². The van der Waals surface area contributed by atoms with Gasteiger partial charge in [0.15, 0.2) is 0 Å². The smallest absolute Gasteiger partial charge is 0.239 e. The number of nitrogens with zero attached hydrogens (tertiary/aromatic N) is 5. The van der Waals surface area contributed by atoms with E-state index in [4.69, 9.17) is 4.52 Å². The van der Waals surface area contributed by atoms with E-state index >= 15 is 0 Å². The lowest BCUT2D eigenvalue weighted by molar-refractivity contribution is -0.129. The molecule has 0 spiro atoms. The first kappa shape index (κ1) is 27.3. The highest BCUT2D eigenvalue weighted by molar-refractivity contribution is 5.84. The highest BCUT2D eigenvalue weighted by atomic mass is 16.5. The van der Waals surface area contributed by atoms with Gasteiger partial charge in [-0.25, -0.2) is 0 Å². The maximum Gasteiger partial charge on any atom is 0.239 e. The van der Waals surface area contributed by atoms with E-state index in [9.17, 15) is 9.90 Å². The van der Waals surface area contributed by atoms with E-state index in [2.05, 4.69) is 60.0 Å². The Kier molecular flexibility index (Phi) is 6.99. The molecule has 2 aromatic carbocycles. The summed E-state index contributed by atoms with van der Waals surface area (Å²) in [6.07, 6.45) is 4.03. The van der Waals surface area contributed by atoms with Gasteiger partial charge in [0.2, 0.25) is 17.6 Å². The SMILES string of the molecule is CC(C)c1ccc([C@](O)(c2cncc(-c3noc(C4CCN(Cc5ccccc5)C4=O)n3)c2)C2(C)CN(C)C2)cc1. The van der Waals surface area contributed by atoms with Gasteiger partial charge in [-0.05, 0) is 42.1 Å². The molecule has 0 saturated carbocycles. The van der Waals surface area contributed by atoms with Gasteiger partial charge in [0, 0.05) is 55.1 Å². The van der Waals surface area contributed by atoms with E-state index in [1.54, 1.807) is 12.4 Å². The molecule has 4 aromatic rings. The van der Waals surface area contributed by atoms with E-state index in [1.807, 2.05) is 53.4 Å². The molecule has 212 valence electrons. The number of pyridine rings is 1. The van der Waals surface area contributed by atoms with Crippen molar-refractivity contribution in [2.24, 2.45) is 5.41 Å². The Morgan fingerprint density at radius 2 is 1.80 bits per heavy atom. The van der Waals surface area contributed by atoms with Crippen LogP contribution in [0.5, 0.6) is 0 Å². The third-order valence-electron chi connectivity index (χ3n) is 8.77. The molecule has 4 heterocycles. The van der Waals surface area contributed by atoms with Crippen molar-refractivity contribution in [1.29, 1.82) is 0 Å². The second kappa shape index (κ2) is 10.5. The molecule has 0 radical (unpaired) electrons. The molecule has 8 nitrogen and oxygen atoms in total. The molecule has 8 heteroatoms. The Morgan fingerprint density at radius 3 is 2.49 bits per heavy atom. The number of likely N-dealkylation sites (tertiary alicyclic amines) is 2. The second-order valence-corrected chi connectivity index (χ2v) is 12.2. The van der Waals surface area contributed by atoms with Gasteiger partial charge in [-0.15, -0.1) is 0 Å². The van der Waals surface area contributed by atoms with Crippen molar-refractivity contribution in [1.82, 2.24) is 24.9 Å². The summed E-state index contributed by atoms with van der Waals surface area (Å²) in [6, 6.07) is 20.1. The molecule has 6 rings (SSSR count). The standard InChI is InChI=1S/C33H37N5O3/c1-22(2)24-10-12-26(13-11-24)33(40,32(3)20-37(4)21-32)27-16-25(17-34-18-27)29-35-30(41-36-29)28-14-15-38(31(28)39)19-23-8-6-5-7-9-23/h5-13,16-18,22,28,40H,14-15,19-21H2,1-4H3/t28?,33-/m0/s1. The van der Waals surface area contributed by atoms with Gasteiger partial charge in [0.25, 0.3) is 0 Å². The lowest BCUT2D eigenvalue weighted by Crippen LogP contribution is -2.63. The Morgan fingerprint density at radius 1 is 1.07 bits per heavy atom. The van der Waals surface area contributed by atoms with Gasteiger partial charge in [0.1, 0.15) is 11.5 Å². The molecular weight excluding hydrogens is 514 g/mol. The molecule has 1 amide bonds. The lowest BCUT2D eigenvalue weighted by atomic mass is 9.62. The minimum atomic E-state index is -1.27.